The Morgan fingerprint density at radius 2 is 2.33 bits per heavy atom. The Labute approximate surface area is 72.9 Å². The van der Waals surface area contributed by atoms with Crippen molar-refractivity contribution in [1.29, 1.82) is 0 Å². The molecule has 70 valence electrons. The highest BCUT2D eigenvalue weighted by molar-refractivity contribution is 5.80. The van der Waals surface area contributed by atoms with Crippen LogP contribution in [0.3, 0.4) is 0 Å². The molecule has 1 rings (SSSR count). The molecular formula is C8H17N3O. The molecule has 0 aliphatic heterocycles. The number of hydrogen-bond donors (Lipinski definition) is 3. The van der Waals surface area contributed by atoms with Crippen LogP contribution in [0.2, 0.25) is 0 Å². The minimum atomic E-state index is 0.0793. The molecule has 1 aliphatic rings. The Bertz CT molecular complexity index is 172. The van der Waals surface area contributed by atoms with Crippen molar-refractivity contribution < 1.29 is 4.79 Å². The maximum Gasteiger partial charge on any atom is 0.225 e. The maximum absolute atomic E-state index is 11.4. The molecule has 0 saturated heterocycles. The molecule has 0 heterocycles. The summed E-state index contributed by atoms with van der Waals surface area (Å²) in [5.74, 6) is 0.670. The molecule has 4 N–H and O–H groups in total. The van der Waals surface area contributed by atoms with Gasteiger partial charge in [0.25, 0.3) is 0 Å². The second-order valence-electron chi connectivity index (χ2n) is 3.38. The van der Waals surface area contributed by atoms with Crippen molar-refractivity contribution in [2.24, 2.45) is 17.6 Å². The average molecular weight is 171 g/mol. The third kappa shape index (κ3) is 1.59. The quantitative estimate of drug-likeness (QED) is 0.490. The first-order valence-corrected chi connectivity index (χ1v) is 4.35. The zero-order valence-electron chi connectivity index (χ0n) is 7.63. The highest BCUT2D eigenvalue weighted by atomic mass is 16.2. The zero-order chi connectivity index (χ0) is 9.14. The largest absolute Gasteiger partial charge is 0.343 e. The van der Waals surface area contributed by atoms with Gasteiger partial charge in [-0.15, -0.1) is 0 Å². The summed E-state index contributed by atoms with van der Waals surface area (Å²) < 4.78 is 0. The van der Waals surface area contributed by atoms with Gasteiger partial charge < -0.3 is 16.4 Å². The summed E-state index contributed by atoms with van der Waals surface area (Å²) in [5.41, 5.74) is 5.23. The van der Waals surface area contributed by atoms with Crippen LogP contribution < -0.4 is 16.4 Å². The molecular weight excluding hydrogens is 154 g/mol. The summed E-state index contributed by atoms with van der Waals surface area (Å²) in [6.45, 7) is 2.33. The fourth-order valence-electron chi connectivity index (χ4n) is 1.85. The molecule has 1 aliphatic carbocycles. The number of amides is 1. The first-order valence-electron chi connectivity index (χ1n) is 4.35. The predicted octanol–water partition coefficient (Wildman–Crippen LogP) is -0.737. The topological polar surface area (TPSA) is 67.2 Å². The Morgan fingerprint density at radius 3 is 2.75 bits per heavy atom. The molecule has 3 atom stereocenters. The number of nitrogens with two attached hydrogens (primary N) is 1. The Hall–Kier alpha value is -0.610. The van der Waals surface area contributed by atoms with Crippen LogP contribution in [-0.4, -0.2) is 25.7 Å². The van der Waals surface area contributed by atoms with Crippen molar-refractivity contribution >= 4 is 5.91 Å². The third-order valence-electron chi connectivity index (χ3n) is 2.62. The minimum Gasteiger partial charge on any atom is -0.343 e. The van der Waals surface area contributed by atoms with Gasteiger partial charge in [-0.25, -0.2) is 0 Å². The molecule has 1 amide bonds. The molecule has 12 heavy (non-hydrogen) atoms. The Kier molecular flexibility index (Phi) is 3.05. The number of carbonyl (C=O) groups excluding carboxylic acids is 1. The summed E-state index contributed by atoms with van der Waals surface area (Å²) in [6, 6.07) is 0.339. The molecule has 1 saturated carbocycles. The fourth-order valence-corrected chi connectivity index (χ4v) is 1.85. The molecule has 0 aromatic heterocycles. The molecule has 4 nitrogen and oxygen atoms in total. The maximum atomic E-state index is 11.4. The van der Waals surface area contributed by atoms with Gasteiger partial charge >= 0.3 is 0 Å². The van der Waals surface area contributed by atoms with Crippen LogP contribution in [0.4, 0.5) is 0 Å². The van der Waals surface area contributed by atoms with Gasteiger partial charge in [0.15, 0.2) is 0 Å². The third-order valence-corrected chi connectivity index (χ3v) is 2.62. The normalized spacial score (nSPS) is 34.1. The molecule has 0 aromatic rings. The Balaban J connectivity index is 2.43. The van der Waals surface area contributed by atoms with Crippen molar-refractivity contribution in [3.05, 3.63) is 0 Å². The van der Waals surface area contributed by atoms with Crippen LogP contribution in [0.25, 0.3) is 0 Å². The van der Waals surface area contributed by atoms with Crippen LogP contribution in [0, 0.1) is 11.8 Å². The molecule has 1 fully saturated rings. The smallest absolute Gasteiger partial charge is 0.225 e. The lowest BCUT2D eigenvalue weighted by Gasteiger charge is -2.41. The zero-order valence-corrected chi connectivity index (χ0v) is 7.63. The van der Waals surface area contributed by atoms with Crippen LogP contribution >= 0.6 is 0 Å². The molecule has 0 aromatic carbocycles. The lowest BCUT2D eigenvalue weighted by atomic mass is 9.70. The molecule has 0 spiro atoms. The van der Waals surface area contributed by atoms with E-state index in [-0.39, 0.29) is 18.5 Å². The van der Waals surface area contributed by atoms with Gasteiger partial charge in [0.2, 0.25) is 5.91 Å². The number of carbonyl (C=O) groups is 1. The summed E-state index contributed by atoms with van der Waals surface area (Å²) in [6.07, 6.45) is 1.08. The summed E-state index contributed by atoms with van der Waals surface area (Å²) >= 11 is 0. The second-order valence-corrected chi connectivity index (χ2v) is 3.38. The molecule has 3 unspecified atom stereocenters. The van der Waals surface area contributed by atoms with E-state index in [9.17, 15) is 4.79 Å². The van der Waals surface area contributed by atoms with E-state index in [0.29, 0.717) is 12.0 Å². The molecule has 4 heteroatoms. The van der Waals surface area contributed by atoms with E-state index in [4.69, 9.17) is 5.73 Å². The fraction of sp³-hybridized carbons (Fsp3) is 0.875. The standard InChI is InChI=1S/C8H17N3O/c1-5-3-6(10-2)7(5)8(12)11-4-9/h5-7,10H,3-4,9H2,1-2H3,(H,11,12). The summed E-state index contributed by atoms with van der Waals surface area (Å²) in [4.78, 5) is 11.4. The van der Waals surface area contributed by atoms with Crippen LogP contribution in [0.15, 0.2) is 0 Å². The number of hydrogen-bond acceptors (Lipinski definition) is 3. The van der Waals surface area contributed by atoms with Crippen molar-refractivity contribution in [2.45, 2.75) is 19.4 Å². The van der Waals surface area contributed by atoms with E-state index in [1.807, 2.05) is 7.05 Å². The number of nitrogens with one attached hydrogen (secondary N) is 2. The molecule has 0 radical (unpaired) electrons. The van der Waals surface area contributed by atoms with E-state index < -0.39 is 0 Å². The summed E-state index contributed by atoms with van der Waals surface area (Å²) in [7, 11) is 1.89. The molecule has 0 bridgehead atoms. The Morgan fingerprint density at radius 1 is 1.67 bits per heavy atom. The van der Waals surface area contributed by atoms with Gasteiger partial charge in [-0.2, -0.15) is 0 Å². The highest BCUT2D eigenvalue weighted by Gasteiger charge is 2.41. The predicted molar refractivity (Wildman–Crippen MR) is 47.3 cm³/mol. The van der Waals surface area contributed by atoms with E-state index in [2.05, 4.69) is 17.6 Å². The van der Waals surface area contributed by atoms with Crippen LogP contribution in [0.5, 0.6) is 0 Å². The minimum absolute atomic E-state index is 0.0793. The van der Waals surface area contributed by atoms with Gasteiger partial charge in [0, 0.05) is 6.04 Å². The lowest BCUT2D eigenvalue weighted by molar-refractivity contribution is -0.131. The van der Waals surface area contributed by atoms with E-state index in [0.717, 1.165) is 6.42 Å². The van der Waals surface area contributed by atoms with Crippen LogP contribution in [-0.2, 0) is 4.79 Å². The number of rotatable bonds is 3. The van der Waals surface area contributed by atoms with Crippen molar-refractivity contribution in [1.82, 2.24) is 10.6 Å². The van der Waals surface area contributed by atoms with Gasteiger partial charge in [-0.05, 0) is 19.4 Å². The first-order chi connectivity index (χ1) is 5.70. The first kappa shape index (κ1) is 9.48. The average Bonchev–Trinajstić information content (AvgIpc) is 2.00. The van der Waals surface area contributed by atoms with Gasteiger partial charge in [0.1, 0.15) is 0 Å². The summed E-state index contributed by atoms with van der Waals surface area (Å²) in [5, 5.41) is 5.76. The van der Waals surface area contributed by atoms with Crippen LogP contribution in [0.1, 0.15) is 13.3 Å². The highest BCUT2D eigenvalue weighted by Crippen LogP contribution is 2.33. The van der Waals surface area contributed by atoms with E-state index in [1.54, 1.807) is 0 Å². The van der Waals surface area contributed by atoms with Gasteiger partial charge in [-0.3, -0.25) is 4.79 Å². The van der Waals surface area contributed by atoms with Gasteiger partial charge in [0.05, 0.1) is 12.6 Å². The van der Waals surface area contributed by atoms with E-state index in [1.165, 1.54) is 0 Å². The van der Waals surface area contributed by atoms with Crippen molar-refractivity contribution in [2.75, 3.05) is 13.7 Å². The van der Waals surface area contributed by atoms with Gasteiger partial charge in [-0.1, -0.05) is 6.92 Å². The van der Waals surface area contributed by atoms with Crippen molar-refractivity contribution in [3.63, 3.8) is 0 Å². The monoisotopic (exact) mass is 171 g/mol. The van der Waals surface area contributed by atoms with Crippen molar-refractivity contribution in [3.8, 4) is 0 Å². The second kappa shape index (κ2) is 3.87. The lowest BCUT2D eigenvalue weighted by Crippen LogP contribution is -2.55. The van der Waals surface area contributed by atoms with E-state index >= 15 is 0 Å². The SMILES string of the molecule is CNC1CC(C)C1C(=O)NCN.